The molecule has 0 unspecified atom stereocenters. The summed E-state index contributed by atoms with van der Waals surface area (Å²) < 4.78 is 5.42. The van der Waals surface area contributed by atoms with Crippen LogP contribution in [0, 0.1) is 0 Å². The predicted octanol–water partition coefficient (Wildman–Crippen LogP) is 5.67. The fourth-order valence-electron chi connectivity index (χ4n) is 3.75. The third-order valence-electron chi connectivity index (χ3n) is 5.60. The van der Waals surface area contributed by atoms with E-state index < -0.39 is 12.1 Å². The average molecular weight is 450 g/mol. The molecule has 7 heteroatoms. The number of anilines is 1. The van der Waals surface area contributed by atoms with Gasteiger partial charge in [0.15, 0.2) is 5.13 Å². The molecule has 1 fully saturated rings. The van der Waals surface area contributed by atoms with E-state index in [-0.39, 0.29) is 12.5 Å². The highest BCUT2D eigenvalue weighted by Crippen LogP contribution is 2.27. The average Bonchev–Trinajstić information content (AvgIpc) is 3.48. The summed E-state index contributed by atoms with van der Waals surface area (Å²) in [5.41, 5.74) is 4.03. The van der Waals surface area contributed by atoms with Crippen molar-refractivity contribution in [3.05, 3.63) is 71.1 Å². The fourth-order valence-corrected chi connectivity index (χ4v) is 4.47. The summed E-state index contributed by atoms with van der Waals surface area (Å²) in [6, 6.07) is 17.3. The van der Waals surface area contributed by atoms with Crippen molar-refractivity contribution in [3.8, 4) is 11.3 Å². The van der Waals surface area contributed by atoms with Crippen molar-refractivity contribution in [2.45, 2.75) is 45.3 Å². The first-order valence-electron chi connectivity index (χ1n) is 10.9. The van der Waals surface area contributed by atoms with Gasteiger partial charge in [-0.1, -0.05) is 68.4 Å². The Morgan fingerprint density at radius 2 is 1.91 bits per heavy atom. The van der Waals surface area contributed by atoms with Crippen LogP contribution in [0.25, 0.3) is 11.3 Å². The molecular formula is C25H27N3O3S. The molecule has 0 bridgehead atoms. The number of benzene rings is 2. The third-order valence-corrected chi connectivity index (χ3v) is 6.36. The Hall–Kier alpha value is -3.19. The molecule has 2 heterocycles. The maximum absolute atomic E-state index is 12.9. The predicted molar refractivity (Wildman–Crippen MR) is 127 cm³/mol. The lowest BCUT2D eigenvalue weighted by Gasteiger charge is -2.22. The first kappa shape index (κ1) is 22.0. The van der Waals surface area contributed by atoms with Crippen molar-refractivity contribution >= 4 is 28.5 Å². The first-order chi connectivity index (χ1) is 15.5. The number of ether oxygens (including phenoxy) is 1. The molecule has 2 aromatic carbocycles. The fraction of sp³-hybridized carbons (Fsp3) is 0.320. The van der Waals surface area contributed by atoms with Crippen molar-refractivity contribution in [1.29, 1.82) is 0 Å². The summed E-state index contributed by atoms with van der Waals surface area (Å²) in [7, 11) is 0. The number of hydrogen-bond acceptors (Lipinski definition) is 5. The lowest BCUT2D eigenvalue weighted by molar-refractivity contribution is -0.120. The molecule has 1 atom stereocenters. The van der Waals surface area contributed by atoms with E-state index in [1.54, 1.807) is 0 Å². The van der Waals surface area contributed by atoms with E-state index in [2.05, 4.69) is 48.4 Å². The highest BCUT2D eigenvalue weighted by molar-refractivity contribution is 7.14. The summed E-state index contributed by atoms with van der Waals surface area (Å²) in [4.78, 5) is 31.5. The molecule has 0 saturated carbocycles. The Bertz CT molecular complexity index is 1060. The largest absolute Gasteiger partial charge is 0.445 e. The van der Waals surface area contributed by atoms with Crippen LogP contribution >= 0.6 is 11.3 Å². The van der Waals surface area contributed by atoms with Gasteiger partial charge >= 0.3 is 6.09 Å². The summed E-state index contributed by atoms with van der Waals surface area (Å²) in [6.45, 7) is 5.03. The number of carbonyl (C=O) groups is 2. The van der Waals surface area contributed by atoms with E-state index in [4.69, 9.17) is 4.74 Å². The van der Waals surface area contributed by atoms with Crippen molar-refractivity contribution < 1.29 is 14.3 Å². The van der Waals surface area contributed by atoms with Gasteiger partial charge in [0.2, 0.25) is 5.91 Å². The van der Waals surface area contributed by atoms with Crippen molar-refractivity contribution in [1.82, 2.24) is 9.88 Å². The van der Waals surface area contributed by atoms with Gasteiger partial charge in [-0.15, -0.1) is 11.3 Å². The zero-order valence-electron chi connectivity index (χ0n) is 18.3. The Labute approximate surface area is 192 Å². The van der Waals surface area contributed by atoms with Crippen LogP contribution in [0.2, 0.25) is 0 Å². The van der Waals surface area contributed by atoms with Gasteiger partial charge in [-0.2, -0.15) is 0 Å². The molecule has 6 nitrogen and oxygen atoms in total. The minimum absolute atomic E-state index is 0.190. The van der Waals surface area contributed by atoms with Gasteiger partial charge in [0.1, 0.15) is 12.6 Å². The molecule has 4 rings (SSSR count). The number of likely N-dealkylation sites (tertiary alicyclic amines) is 1. The van der Waals surface area contributed by atoms with E-state index in [1.165, 1.54) is 21.8 Å². The van der Waals surface area contributed by atoms with Gasteiger partial charge in [-0.25, -0.2) is 9.78 Å². The maximum Gasteiger partial charge on any atom is 0.410 e. The van der Waals surface area contributed by atoms with E-state index in [9.17, 15) is 9.59 Å². The molecule has 1 N–H and O–H groups in total. The quantitative estimate of drug-likeness (QED) is 0.526. The van der Waals surface area contributed by atoms with Crippen molar-refractivity contribution in [2.24, 2.45) is 0 Å². The molecule has 0 radical (unpaired) electrons. The Balaban J connectivity index is 1.36. The van der Waals surface area contributed by atoms with Crippen molar-refractivity contribution in [2.75, 3.05) is 11.9 Å². The smallest absolute Gasteiger partial charge is 0.410 e. The second-order valence-electron chi connectivity index (χ2n) is 8.20. The minimum Gasteiger partial charge on any atom is -0.445 e. The zero-order chi connectivity index (χ0) is 22.5. The van der Waals surface area contributed by atoms with Crippen LogP contribution in [0.1, 0.15) is 43.7 Å². The normalized spacial score (nSPS) is 15.7. The van der Waals surface area contributed by atoms with Gasteiger partial charge in [0.05, 0.1) is 5.69 Å². The molecule has 1 saturated heterocycles. The number of nitrogens with zero attached hydrogens (tertiary/aromatic N) is 2. The SMILES string of the molecule is CC(C)c1ccc(-c2csc(NC(=O)[C@@H]3CCCN3C(=O)OCc3ccccc3)n2)cc1. The van der Waals surface area contributed by atoms with Gasteiger partial charge in [-0.05, 0) is 29.9 Å². The molecule has 3 aromatic rings. The van der Waals surface area contributed by atoms with Crippen LogP contribution in [-0.4, -0.2) is 34.5 Å². The van der Waals surface area contributed by atoms with E-state index in [0.717, 1.165) is 23.2 Å². The summed E-state index contributed by atoms with van der Waals surface area (Å²) in [6.07, 6.45) is 0.918. The van der Waals surface area contributed by atoms with Crippen LogP contribution in [0.15, 0.2) is 60.0 Å². The lowest BCUT2D eigenvalue weighted by atomic mass is 10.0. The number of nitrogens with one attached hydrogen (secondary N) is 1. The Morgan fingerprint density at radius 1 is 1.16 bits per heavy atom. The molecule has 0 spiro atoms. The standard InChI is InChI=1S/C25H27N3O3S/c1-17(2)19-10-12-20(13-11-19)21-16-32-24(26-21)27-23(29)22-9-6-14-28(22)25(30)31-15-18-7-4-3-5-8-18/h3-5,7-8,10-13,16-17,22H,6,9,14-15H2,1-2H3,(H,26,27,29)/t22-/m0/s1. The van der Waals surface area contributed by atoms with Gasteiger partial charge in [0, 0.05) is 17.5 Å². The second kappa shape index (κ2) is 9.96. The van der Waals surface area contributed by atoms with E-state index in [1.807, 2.05) is 35.7 Å². The molecule has 0 aliphatic carbocycles. The van der Waals surface area contributed by atoms with Crippen LogP contribution in [-0.2, 0) is 16.1 Å². The topological polar surface area (TPSA) is 71.5 Å². The highest BCUT2D eigenvalue weighted by atomic mass is 32.1. The number of hydrogen-bond donors (Lipinski definition) is 1. The van der Waals surface area contributed by atoms with Gasteiger partial charge in [-0.3, -0.25) is 9.69 Å². The molecule has 166 valence electrons. The van der Waals surface area contributed by atoms with Gasteiger partial charge < -0.3 is 10.1 Å². The molecular weight excluding hydrogens is 422 g/mol. The Kier molecular flexibility index (Phi) is 6.85. The number of aromatic nitrogens is 1. The number of rotatable bonds is 6. The van der Waals surface area contributed by atoms with E-state index >= 15 is 0 Å². The van der Waals surface area contributed by atoms with Crippen LogP contribution < -0.4 is 5.32 Å². The highest BCUT2D eigenvalue weighted by Gasteiger charge is 2.35. The van der Waals surface area contributed by atoms with Crippen LogP contribution in [0.4, 0.5) is 9.93 Å². The first-order valence-corrected chi connectivity index (χ1v) is 11.7. The summed E-state index contributed by atoms with van der Waals surface area (Å²) in [5, 5.41) is 5.34. The monoisotopic (exact) mass is 449 g/mol. The Morgan fingerprint density at radius 3 is 2.62 bits per heavy atom. The molecule has 32 heavy (non-hydrogen) atoms. The van der Waals surface area contributed by atoms with Crippen LogP contribution in [0.5, 0.6) is 0 Å². The third kappa shape index (κ3) is 5.16. The van der Waals surface area contributed by atoms with E-state index in [0.29, 0.717) is 24.0 Å². The molecule has 1 aliphatic rings. The number of carbonyl (C=O) groups excluding carboxylic acids is 2. The number of amides is 2. The minimum atomic E-state index is -0.545. The summed E-state index contributed by atoms with van der Waals surface area (Å²) >= 11 is 1.38. The molecule has 2 amide bonds. The second-order valence-corrected chi connectivity index (χ2v) is 9.05. The lowest BCUT2D eigenvalue weighted by Crippen LogP contribution is -2.43. The maximum atomic E-state index is 12.9. The molecule has 1 aromatic heterocycles. The van der Waals surface area contributed by atoms with Gasteiger partial charge in [0.25, 0.3) is 0 Å². The molecule has 1 aliphatic heterocycles. The zero-order valence-corrected chi connectivity index (χ0v) is 19.1. The summed E-state index contributed by atoms with van der Waals surface area (Å²) in [5.74, 6) is 0.248. The number of thiazole rings is 1. The van der Waals surface area contributed by atoms with Crippen molar-refractivity contribution in [3.63, 3.8) is 0 Å². The van der Waals surface area contributed by atoms with Crippen LogP contribution in [0.3, 0.4) is 0 Å².